The maximum absolute atomic E-state index is 13.6. The van der Waals surface area contributed by atoms with Crippen molar-refractivity contribution in [3.8, 4) is 0 Å². The van der Waals surface area contributed by atoms with Gasteiger partial charge in [0.1, 0.15) is 5.82 Å². The summed E-state index contributed by atoms with van der Waals surface area (Å²) >= 11 is 0. The summed E-state index contributed by atoms with van der Waals surface area (Å²) in [4.78, 5) is 13.9. The Morgan fingerprint density at radius 2 is 2.10 bits per heavy atom. The van der Waals surface area contributed by atoms with Crippen molar-refractivity contribution in [2.75, 3.05) is 25.0 Å². The number of nitrogens with one attached hydrogen (secondary N) is 1. The highest BCUT2D eigenvalue weighted by atomic mass is 35.5. The Bertz CT molecular complexity index is 462. The Hall–Kier alpha value is -1.17. The van der Waals surface area contributed by atoms with Crippen LogP contribution in [0.15, 0.2) is 18.2 Å². The topological polar surface area (TPSA) is 58.4 Å². The normalized spacial score (nSPS) is 16.6. The Morgan fingerprint density at radius 1 is 1.45 bits per heavy atom. The van der Waals surface area contributed by atoms with Gasteiger partial charge in [0.05, 0.1) is 12.2 Å². The van der Waals surface area contributed by atoms with Gasteiger partial charge >= 0.3 is 0 Å². The van der Waals surface area contributed by atoms with Gasteiger partial charge in [0.15, 0.2) is 0 Å². The fourth-order valence-electron chi connectivity index (χ4n) is 2.23. The number of rotatable bonds is 3. The number of hydrogen-bond donors (Lipinski definition) is 2. The van der Waals surface area contributed by atoms with Crippen LogP contribution in [0.3, 0.4) is 0 Å². The first-order valence-corrected chi connectivity index (χ1v) is 6.58. The van der Waals surface area contributed by atoms with E-state index in [0.29, 0.717) is 6.54 Å². The molecule has 4 nitrogen and oxygen atoms in total. The van der Waals surface area contributed by atoms with Gasteiger partial charge < -0.3 is 11.1 Å². The lowest BCUT2D eigenvalue weighted by molar-refractivity contribution is -0.117. The zero-order valence-electron chi connectivity index (χ0n) is 11.6. The summed E-state index contributed by atoms with van der Waals surface area (Å²) in [5.74, 6) is -0.577. The van der Waals surface area contributed by atoms with Gasteiger partial charge in [-0.15, -0.1) is 12.4 Å². The highest BCUT2D eigenvalue weighted by Crippen LogP contribution is 2.15. The minimum atomic E-state index is -0.394. The molecule has 1 saturated heterocycles. The van der Waals surface area contributed by atoms with Gasteiger partial charge in [-0.2, -0.15) is 0 Å². The van der Waals surface area contributed by atoms with Crippen LogP contribution >= 0.6 is 12.4 Å². The highest BCUT2D eigenvalue weighted by molar-refractivity contribution is 5.92. The number of halogens is 2. The van der Waals surface area contributed by atoms with Gasteiger partial charge in [-0.05, 0) is 37.5 Å². The van der Waals surface area contributed by atoms with Crippen molar-refractivity contribution >= 4 is 24.0 Å². The first-order chi connectivity index (χ1) is 9.04. The molecule has 3 N–H and O–H groups in total. The smallest absolute Gasteiger partial charge is 0.238 e. The number of benzene rings is 1. The van der Waals surface area contributed by atoms with Gasteiger partial charge in [0, 0.05) is 19.1 Å². The number of hydrogen-bond acceptors (Lipinski definition) is 3. The molecule has 0 radical (unpaired) electrons. The van der Waals surface area contributed by atoms with Gasteiger partial charge in [-0.3, -0.25) is 9.69 Å². The molecule has 1 amide bonds. The van der Waals surface area contributed by atoms with Gasteiger partial charge in [0.2, 0.25) is 5.91 Å². The first-order valence-electron chi connectivity index (χ1n) is 6.58. The van der Waals surface area contributed by atoms with E-state index in [0.717, 1.165) is 31.5 Å². The predicted molar refractivity (Wildman–Crippen MR) is 80.7 cm³/mol. The molecule has 1 aromatic rings. The molecule has 1 aliphatic rings. The van der Waals surface area contributed by atoms with E-state index in [4.69, 9.17) is 5.73 Å². The fourth-order valence-corrected chi connectivity index (χ4v) is 2.23. The maximum atomic E-state index is 13.6. The predicted octanol–water partition coefficient (Wildman–Crippen LogP) is 1.92. The third-order valence-electron chi connectivity index (χ3n) is 3.40. The average Bonchev–Trinajstić information content (AvgIpc) is 2.36. The number of carbonyl (C=O) groups excluding carboxylic acids is 1. The third kappa shape index (κ3) is 4.74. The standard InChI is InChI=1S/C14H20FN3O.ClH/c1-10-2-3-13(12(15)8-10)17-14(19)9-18-6-4-11(16)5-7-18;/h2-3,8,11H,4-7,9,16H2,1H3,(H,17,19);1H. The van der Waals surface area contributed by atoms with Crippen LogP contribution in [-0.4, -0.2) is 36.5 Å². The molecule has 6 heteroatoms. The monoisotopic (exact) mass is 301 g/mol. The van der Waals surface area contributed by atoms with E-state index in [1.807, 2.05) is 11.8 Å². The number of nitrogens with zero attached hydrogens (tertiary/aromatic N) is 1. The van der Waals surface area contributed by atoms with Crippen LogP contribution in [0.4, 0.5) is 10.1 Å². The lowest BCUT2D eigenvalue weighted by atomic mass is 10.1. The maximum Gasteiger partial charge on any atom is 0.238 e. The minimum Gasteiger partial charge on any atom is -0.328 e. The lowest BCUT2D eigenvalue weighted by Gasteiger charge is -2.29. The molecule has 0 aromatic heterocycles. The van der Waals surface area contributed by atoms with Crippen LogP contribution in [0.2, 0.25) is 0 Å². The number of likely N-dealkylation sites (tertiary alicyclic amines) is 1. The molecule has 0 bridgehead atoms. The lowest BCUT2D eigenvalue weighted by Crippen LogP contribution is -2.43. The Kier molecular flexibility index (Phi) is 6.39. The summed E-state index contributed by atoms with van der Waals surface area (Å²) in [6.45, 7) is 3.75. The van der Waals surface area contributed by atoms with E-state index >= 15 is 0 Å². The van der Waals surface area contributed by atoms with Crippen molar-refractivity contribution in [2.24, 2.45) is 5.73 Å². The number of nitrogens with two attached hydrogens (primary N) is 1. The van der Waals surface area contributed by atoms with Crippen molar-refractivity contribution in [3.63, 3.8) is 0 Å². The molecule has 0 saturated carbocycles. The summed E-state index contributed by atoms with van der Waals surface area (Å²) in [5, 5.41) is 2.61. The molecule has 1 aliphatic heterocycles. The van der Waals surface area contributed by atoms with Crippen molar-refractivity contribution < 1.29 is 9.18 Å². The van der Waals surface area contributed by atoms with Crippen molar-refractivity contribution in [2.45, 2.75) is 25.8 Å². The molecule has 0 atom stereocenters. The van der Waals surface area contributed by atoms with E-state index in [1.165, 1.54) is 6.07 Å². The van der Waals surface area contributed by atoms with Gasteiger partial charge in [-0.25, -0.2) is 4.39 Å². The quantitative estimate of drug-likeness (QED) is 0.897. The zero-order chi connectivity index (χ0) is 13.8. The second-order valence-corrected chi connectivity index (χ2v) is 5.15. The Labute approximate surface area is 124 Å². The van der Waals surface area contributed by atoms with E-state index < -0.39 is 5.82 Å². The Morgan fingerprint density at radius 3 is 2.70 bits per heavy atom. The molecular weight excluding hydrogens is 281 g/mol. The van der Waals surface area contributed by atoms with Crippen LogP contribution in [0.1, 0.15) is 18.4 Å². The number of piperidine rings is 1. The molecule has 0 aliphatic carbocycles. The van der Waals surface area contributed by atoms with Crippen LogP contribution in [0.25, 0.3) is 0 Å². The minimum absolute atomic E-state index is 0. The molecule has 0 unspecified atom stereocenters. The van der Waals surface area contributed by atoms with Crippen LogP contribution in [0.5, 0.6) is 0 Å². The molecule has 1 aromatic carbocycles. The van der Waals surface area contributed by atoms with Gasteiger partial charge in [-0.1, -0.05) is 6.07 Å². The highest BCUT2D eigenvalue weighted by Gasteiger charge is 2.18. The van der Waals surface area contributed by atoms with E-state index in [-0.39, 0.29) is 30.0 Å². The second-order valence-electron chi connectivity index (χ2n) is 5.15. The van der Waals surface area contributed by atoms with E-state index in [9.17, 15) is 9.18 Å². The molecular formula is C14H21ClFN3O. The number of anilines is 1. The molecule has 0 spiro atoms. The third-order valence-corrected chi connectivity index (χ3v) is 3.40. The van der Waals surface area contributed by atoms with E-state index in [2.05, 4.69) is 5.32 Å². The molecule has 2 rings (SSSR count). The number of aryl methyl sites for hydroxylation is 1. The second kappa shape index (κ2) is 7.57. The fraction of sp³-hybridized carbons (Fsp3) is 0.500. The molecule has 1 heterocycles. The largest absolute Gasteiger partial charge is 0.328 e. The molecule has 112 valence electrons. The van der Waals surface area contributed by atoms with Crippen molar-refractivity contribution in [1.29, 1.82) is 0 Å². The molecule has 1 fully saturated rings. The van der Waals surface area contributed by atoms with Crippen LogP contribution < -0.4 is 11.1 Å². The average molecular weight is 302 g/mol. The zero-order valence-corrected chi connectivity index (χ0v) is 12.4. The summed E-state index contributed by atoms with van der Waals surface area (Å²) in [5.41, 5.74) is 6.88. The van der Waals surface area contributed by atoms with Crippen LogP contribution in [-0.2, 0) is 4.79 Å². The summed E-state index contributed by atoms with van der Waals surface area (Å²) in [7, 11) is 0. The number of carbonyl (C=O) groups is 1. The van der Waals surface area contributed by atoms with E-state index in [1.54, 1.807) is 12.1 Å². The van der Waals surface area contributed by atoms with Gasteiger partial charge in [0.25, 0.3) is 0 Å². The van der Waals surface area contributed by atoms with Crippen molar-refractivity contribution in [1.82, 2.24) is 4.90 Å². The summed E-state index contributed by atoms with van der Waals surface area (Å²) < 4.78 is 13.6. The summed E-state index contributed by atoms with van der Waals surface area (Å²) in [6, 6.07) is 5.02. The first kappa shape index (κ1) is 16.9. The SMILES string of the molecule is Cc1ccc(NC(=O)CN2CCC(N)CC2)c(F)c1.Cl. The van der Waals surface area contributed by atoms with Crippen LogP contribution in [0, 0.1) is 12.7 Å². The summed E-state index contributed by atoms with van der Waals surface area (Å²) in [6.07, 6.45) is 1.82. The Balaban J connectivity index is 0.00000200. The number of amides is 1. The van der Waals surface area contributed by atoms with Crippen molar-refractivity contribution in [3.05, 3.63) is 29.6 Å². The molecule has 20 heavy (non-hydrogen) atoms.